The molecule has 3 rings (SSSR count). The van der Waals surface area contributed by atoms with E-state index in [1.165, 1.54) is 18.2 Å². The number of carbonyl (C=O) groups excluding carboxylic acids is 1. The summed E-state index contributed by atoms with van der Waals surface area (Å²) in [6, 6.07) is 12.4. The van der Waals surface area contributed by atoms with Gasteiger partial charge in [-0.2, -0.15) is 0 Å². The van der Waals surface area contributed by atoms with E-state index in [0.717, 1.165) is 0 Å². The van der Waals surface area contributed by atoms with Crippen LogP contribution in [0.5, 0.6) is 0 Å². The van der Waals surface area contributed by atoms with Gasteiger partial charge in [0.1, 0.15) is 17.4 Å². The molecule has 1 heterocycles. The predicted octanol–water partition coefficient (Wildman–Crippen LogP) is 3.83. The van der Waals surface area contributed by atoms with Crippen LogP contribution in [0.4, 0.5) is 8.78 Å². The van der Waals surface area contributed by atoms with Crippen LogP contribution in [0.2, 0.25) is 0 Å². The molecule has 0 saturated carbocycles. The molecule has 6 heteroatoms. The first-order valence-corrected chi connectivity index (χ1v) is 8.25. The Hall–Kier alpha value is -3.02. The van der Waals surface area contributed by atoms with Gasteiger partial charge in [-0.3, -0.25) is 4.79 Å². The summed E-state index contributed by atoms with van der Waals surface area (Å²) in [5.41, 5.74) is 1.56. The van der Waals surface area contributed by atoms with Gasteiger partial charge in [0.15, 0.2) is 0 Å². The number of halogens is 2. The number of aryl methyl sites for hydroxylation is 1. The van der Waals surface area contributed by atoms with E-state index in [9.17, 15) is 13.6 Å². The zero-order chi connectivity index (χ0) is 18.5. The minimum Gasteiger partial charge on any atom is -0.441 e. The summed E-state index contributed by atoms with van der Waals surface area (Å²) in [6.07, 6.45) is 0.451. The van der Waals surface area contributed by atoms with Crippen LogP contribution in [0.3, 0.4) is 0 Å². The second-order valence-corrected chi connectivity index (χ2v) is 5.90. The van der Waals surface area contributed by atoms with Crippen molar-refractivity contribution in [1.29, 1.82) is 0 Å². The summed E-state index contributed by atoms with van der Waals surface area (Å²) in [5.74, 6) is -0.118. The van der Waals surface area contributed by atoms with Crippen LogP contribution >= 0.6 is 0 Å². The molecule has 4 nitrogen and oxygen atoms in total. The lowest BCUT2D eigenvalue weighted by atomic mass is 10.1. The maximum absolute atomic E-state index is 13.5. The van der Waals surface area contributed by atoms with E-state index in [-0.39, 0.29) is 29.9 Å². The van der Waals surface area contributed by atoms with Crippen molar-refractivity contribution in [2.24, 2.45) is 0 Å². The fourth-order valence-corrected chi connectivity index (χ4v) is 2.59. The van der Waals surface area contributed by atoms with Crippen LogP contribution in [-0.2, 0) is 17.6 Å². The van der Waals surface area contributed by atoms with Gasteiger partial charge in [0.25, 0.3) is 0 Å². The Labute approximate surface area is 149 Å². The Morgan fingerprint density at radius 2 is 1.96 bits per heavy atom. The number of aromatic nitrogens is 1. The molecule has 0 atom stereocenters. The number of nitrogens with zero attached hydrogens (tertiary/aromatic N) is 1. The van der Waals surface area contributed by atoms with Crippen molar-refractivity contribution < 1.29 is 18.0 Å². The molecule has 0 unspecified atom stereocenters. The van der Waals surface area contributed by atoms with Crippen LogP contribution < -0.4 is 5.32 Å². The first-order chi connectivity index (χ1) is 12.5. The Morgan fingerprint density at radius 3 is 2.73 bits per heavy atom. The van der Waals surface area contributed by atoms with Gasteiger partial charge in [-0.05, 0) is 43.2 Å². The Morgan fingerprint density at radius 1 is 1.15 bits per heavy atom. The smallest absolute Gasteiger partial charge is 0.226 e. The van der Waals surface area contributed by atoms with Gasteiger partial charge >= 0.3 is 0 Å². The normalized spacial score (nSPS) is 10.7. The maximum Gasteiger partial charge on any atom is 0.226 e. The second kappa shape index (κ2) is 7.91. The highest BCUT2D eigenvalue weighted by atomic mass is 19.1. The number of benzene rings is 2. The van der Waals surface area contributed by atoms with Crippen molar-refractivity contribution in [2.45, 2.75) is 19.8 Å². The average molecular weight is 356 g/mol. The van der Waals surface area contributed by atoms with Crippen LogP contribution in [0.1, 0.15) is 17.0 Å². The molecule has 0 aliphatic heterocycles. The minimum atomic E-state index is -0.384. The van der Waals surface area contributed by atoms with Crippen molar-refractivity contribution in [3.8, 4) is 11.5 Å². The summed E-state index contributed by atoms with van der Waals surface area (Å²) in [5, 5.41) is 2.74. The third-order valence-corrected chi connectivity index (χ3v) is 3.97. The molecule has 1 N–H and O–H groups in total. The fraction of sp³-hybridized carbons (Fsp3) is 0.200. The van der Waals surface area contributed by atoms with E-state index in [1.807, 2.05) is 0 Å². The van der Waals surface area contributed by atoms with Crippen LogP contribution in [0.25, 0.3) is 11.5 Å². The number of rotatable bonds is 6. The topological polar surface area (TPSA) is 55.1 Å². The third-order valence-electron chi connectivity index (χ3n) is 3.97. The van der Waals surface area contributed by atoms with Gasteiger partial charge in [0.2, 0.25) is 11.8 Å². The highest BCUT2D eigenvalue weighted by Gasteiger charge is 2.15. The van der Waals surface area contributed by atoms with Crippen molar-refractivity contribution in [3.05, 3.63) is 77.2 Å². The molecule has 0 radical (unpaired) electrons. The molecular weight excluding hydrogens is 338 g/mol. The second-order valence-electron chi connectivity index (χ2n) is 5.90. The SMILES string of the molecule is Cc1oc(-c2cccc(F)c2)nc1CC(=O)NCCc1ccccc1F. The molecule has 0 spiro atoms. The molecule has 0 aliphatic carbocycles. The zero-order valence-corrected chi connectivity index (χ0v) is 14.3. The average Bonchev–Trinajstić information content (AvgIpc) is 2.97. The van der Waals surface area contributed by atoms with Crippen LogP contribution in [0.15, 0.2) is 52.9 Å². The largest absolute Gasteiger partial charge is 0.441 e. The van der Waals surface area contributed by atoms with Gasteiger partial charge < -0.3 is 9.73 Å². The highest BCUT2D eigenvalue weighted by molar-refractivity contribution is 5.78. The summed E-state index contributed by atoms with van der Waals surface area (Å²) in [4.78, 5) is 16.4. The number of oxazole rings is 1. The quantitative estimate of drug-likeness (QED) is 0.730. The molecule has 1 amide bonds. The molecule has 134 valence electrons. The maximum atomic E-state index is 13.5. The lowest BCUT2D eigenvalue weighted by molar-refractivity contribution is -0.120. The number of nitrogens with one attached hydrogen (secondary N) is 1. The standard InChI is InChI=1S/C20H18F2N2O2/c1-13-18(24-20(26-13)15-6-4-7-16(21)11-15)12-19(25)23-10-9-14-5-2-3-8-17(14)22/h2-8,11H,9-10,12H2,1H3,(H,23,25). The molecule has 0 saturated heterocycles. The van der Waals surface area contributed by atoms with Crippen molar-refractivity contribution in [3.63, 3.8) is 0 Å². The van der Waals surface area contributed by atoms with Crippen molar-refractivity contribution in [1.82, 2.24) is 10.3 Å². The minimum absolute atomic E-state index is 0.0436. The van der Waals surface area contributed by atoms with Crippen molar-refractivity contribution >= 4 is 5.91 Å². The Kier molecular flexibility index (Phi) is 5.41. The lowest BCUT2D eigenvalue weighted by Gasteiger charge is -2.05. The van der Waals surface area contributed by atoms with Gasteiger partial charge in [0, 0.05) is 12.1 Å². The molecule has 26 heavy (non-hydrogen) atoms. The predicted molar refractivity (Wildman–Crippen MR) is 93.5 cm³/mol. The summed E-state index contributed by atoms with van der Waals surface area (Å²) < 4.78 is 32.4. The molecular formula is C20H18F2N2O2. The molecule has 1 aromatic heterocycles. The van der Waals surface area contributed by atoms with Gasteiger partial charge in [-0.25, -0.2) is 13.8 Å². The lowest BCUT2D eigenvalue weighted by Crippen LogP contribution is -2.27. The molecule has 0 bridgehead atoms. The molecule has 3 aromatic rings. The van der Waals surface area contributed by atoms with Gasteiger partial charge in [-0.1, -0.05) is 24.3 Å². The Balaban J connectivity index is 1.58. The summed E-state index contributed by atoms with van der Waals surface area (Å²) in [6.45, 7) is 2.03. The van der Waals surface area contributed by atoms with E-state index in [2.05, 4.69) is 10.3 Å². The highest BCUT2D eigenvalue weighted by Crippen LogP contribution is 2.22. The first kappa shape index (κ1) is 17.8. The fourth-order valence-electron chi connectivity index (χ4n) is 2.59. The Bertz CT molecular complexity index is 922. The molecule has 0 aliphatic rings. The van der Waals surface area contributed by atoms with E-state index >= 15 is 0 Å². The van der Waals surface area contributed by atoms with Gasteiger partial charge in [0.05, 0.1) is 12.1 Å². The van der Waals surface area contributed by atoms with Crippen LogP contribution in [-0.4, -0.2) is 17.4 Å². The van der Waals surface area contributed by atoms with E-state index in [1.54, 1.807) is 37.3 Å². The number of carbonyl (C=O) groups is 1. The van der Waals surface area contributed by atoms with E-state index < -0.39 is 0 Å². The molecule has 0 fully saturated rings. The number of amides is 1. The first-order valence-electron chi connectivity index (χ1n) is 8.25. The zero-order valence-electron chi connectivity index (χ0n) is 14.3. The van der Waals surface area contributed by atoms with Crippen LogP contribution in [0, 0.1) is 18.6 Å². The number of hydrogen-bond donors (Lipinski definition) is 1. The van der Waals surface area contributed by atoms with E-state index in [0.29, 0.717) is 35.5 Å². The summed E-state index contributed by atoms with van der Waals surface area (Å²) >= 11 is 0. The monoisotopic (exact) mass is 356 g/mol. The molecule has 2 aromatic carbocycles. The summed E-state index contributed by atoms with van der Waals surface area (Å²) in [7, 11) is 0. The number of hydrogen-bond acceptors (Lipinski definition) is 3. The van der Waals surface area contributed by atoms with E-state index in [4.69, 9.17) is 4.42 Å². The van der Waals surface area contributed by atoms with Crippen molar-refractivity contribution in [2.75, 3.05) is 6.54 Å². The third kappa shape index (κ3) is 4.33. The van der Waals surface area contributed by atoms with Gasteiger partial charge in [-0.15, -0.1) is 0 Å².